The number of nitrogens with zero attached hydrogens (tertiary/aromatic N) is 3. The Morgan fingerprint density at radius 2 is 1.77 bits per heavy atom. The number of carbonyl (C=O) groups excluding carboxylic acids is 1. The first-order chi connectivity index (χ1) is 14.3. The molecule has 152 valence electrons. The highest BCUT2D eigenvalue weighted by molar-refractivity contribution is 5.95. The molecule has 1 amide bonds. The van der Waals surface area contributed by atoms with Crippen LogP contribution in [0.5, 0.6) is 0 Å². The maximum absolute atomic E-state index is 12.1. The number of rotatable bonds is 6. The number of non-ortho nitro benzene ring substituents is 1. The van der Waals surface area contributed by atoms with E-state index in [1.165, 1.54) is 30.5 Å². The van der Waals surface area contributed by atoms with E-state index < -0.39 is 15.8 Å². The Balaban J connectivity index is 1.76. The van der Waals surface area contributed by atoms with Crippen molar-refractivity contribution in [2.24, 2.45) is 5.10 Å². The van der Waals surface area contributed by atoms with E-state index in [0.29, 0.717) is 5.56 Å². The molecule has 1 N–H and O–H groups in total. The van der Waals surface area contributed by atoms with E-state index in [0.717, 1.165) is 17.2 Å². The highest BCUT2D eigenvalue weighted by Crippen LogP contribution is 2.33. The molecule has 0 atom stereocenters. The number of nitrogens with one attached hydrogen (secondary N) is 1. The molecule has 1 heterocycles. The van der Waals surface area contributed by atoms with Gasteiger partial charge in [0, 0.05) is 23.8 Å². The zero-order valence-corrected chi connectivity index (χ0v) is 16.0. The van der Waals surface area contributed by atoms with E-state index in [1.54, 1.807) is 25.1 Å². The summed E-state index contributed by atoms with van der Waals surface area (Å²) in [7, 11) is 0. The van der Waals surface area contributed by atoms with Gasteiger partial charge in [0.25, 0.3) is 17.3 Å². The van der Waals surface area contributed by atoms with E-state index in [2.05, 4.69) is 10.5 Å². The predicted octanol–water partition coefficient (Wildman–Crippen LogP) is 4.14. The molecule has 3 rings (SSSR count). The van der Waals surface area contributed by atoms with Crippen molar-refractivity contribution in [2.75, 3.05) is 0 Å². The first-order valence-electron chi connectivity index (χ1n) is 8.70. The molecule has 0 aliphatic heterocycles. The molecule has 0 aliphatic rings. The monoisotopic (exact) mass is 408 g/mol. The van der Waals surface area contributed by atoms with E-state index in [1.807, 2.05) is 6.92 Å². The Kier molecular flexibility index (Phi) is 5.68. The molecule has 10 heteroatoms. The number of aryl methyl sites for hydroxylation is 2. The van der Waals surface area contributed by atoms with Crippen molar-refractivity contribution < 1.29 is 19.1 Å². The van der Waals surface area contributed by atoms with Crippen molar-refractivity contribution >= 4 is 23.5 Å². The number of nitro benzene ring substituents is 2. The van der Waals surface area contributed by atoms with Gasteiger partial charge in [-0.15, -0.1) is 0 Å². The highest BCUT2D eigenvalue weighted by atomic mass is 16.6. The van der Waals surface area contributed by atoms with Gasteiger partial charge in [0.1, 0.15) is 11.5 Å². The summed E-state index contributed by atoms with van der Waals surface area (Å²) in [6.07, 6.45) is 1.23. The van der Waals surface area contributed by atoms with Crippen LogP contribution in [0.1, 0.15) is 27.2 Å². The van der Waals surface area contributed by atoms with Crippen LogP contribution in [0.25, 0.3) is 11.3 Å². The van der Waals surface area contributed by atoms with Crippen LogP contribution in [-0.2, 0) is 0 Å². The lowest BCUT2D eigenvalue weighted by Gasteiger charge is -2.04. The van der Waals surface area contributed by atoms with Crippen molar-refractivity contribution in [1.82, 2.24) is 5.43 Å². The molecule has 0 radical (unpaired) electrons. The van der Waals surface area contributed by atoms with Crippen LogP contribution in [0.4, 0.5) is 11.4 Å². The number of nitro groups is 2. The number of amides is 1. The fourth-order valence-corrected chi connectivity index (χ4v) is 2.70. The highest BCUT2D eigenvalue weighted by Gasteiger charge is 2.19. The smallest absolute Gasteiger partial charge is 0.280 e. The summed E-state index contributed by atoms with van der Waals surface area (Å²) in [5.41, 5.74) is 4.05. The van der Waals surface area contributed by atoms with Crippen LogP contribution in [0.2, 0.25) is 0 Å². The Bertz CT molecular complexity index is 1180. The Hall–Kier alpha value is -4.34. The summed E-state index contributed by atoms with van der Waals surface area (Å²) in [5.74, 6) is -0.0837. The molecule has 0 fully saturated rings. The molecule has 0 bridgehead atoms. The maximum Gasteiger partial charge on any atom is 0.280 e. The maximum atomic E-state index is 12.1. The summed E-state index contributed by atoms with van der Waals surface area (Å²) in [5, 5.41) is 25.9. The van der Waals surface area contributed by atoms with Gasteiger partial charge in [-0.3, -0.25) is 25.0 Å². The minimum absolute atomic E-state index is 0.0742. The topological polar surface area (TPSA) is 141 Å². The third-order valence-corrected chi connectivity index (χ3v) is 4.38. The number of hydrogen-bond acceptors (Lipinski definition) is 7. The minimum Gasteiger partial charge on any atom is -0.455 e. The molecule has 30 heavy (non-hydrogen) atoms. The van der Waals surface area contributed by atoms with Crippen molar-refractivity contribution in [1.29, 1.82) is 0 Å². The number of hydrogen-bond donors (Lipinski definition) is 1. The number of carbonyl (C=O) groups is 1. The third-order valence-electron chi connectivity index (χ3n) is 4.38. The summed E-state index contributed by atoms with van der Waals surface area (Å²) >= 11 is 0. The van der Waals surface area contributed by atoms with Crippen LogP contribution in [0.15, 0.2) is 58.0 Å². The lowest BCUT2D eigenvalue weighted by molar-refractivity contribution is -0.384. The summed E-state index contributed by atoms with van der Waals surface area (Å²) < 4.78 is 5.60. The van der Waals surface area contributed by atoms with Gasteiger partial charge in [-0.1, -0.05) is 6.07 Å². The molecule has 1 aromatic heterocycles. The third kappa shape index (κ3) is 4.38. The standard InChI is InChI=1S/C20H16N4O6/c1-12-8-17(18(24(28)29)9-13(12)2)19-7-6-16(30-19)11-21-22-20(25)14-4-3-5-15(10-14)23(26)27/h3-11H,1-2H3,(H,22,25)/b21-11-. The molecular formula is C20H16N4O6. The summed E-state index contributed by atoms with van der Waals surface area (Å²) in [4.78, 5) is 33.1. The minimum atomic E-state index is -0.633. The van der Waals surface area contributed by atoms with Crippen molar-refractivity contribution in [3.63, 3.8) is 0 Å². The van der Waals surface area contributed by atoms with Crippen molar-refractivity contribution in [2.45, 2.75) is 13.8 Å². The van der Waals surface area contributed by atoms with Gasteiger partial charge in [-0.2, -0.15) is 5.10 Å². The van der Waals surface area contributed by atoms with E-state index in [9.17, 15) is 25.0 Å². The number of benzene rings is 2. The Morgan fingerprint density at radius 1 is 1.03 bits per heavy atom. The van der Waals surface area contributed by atoms with Crippen LogP contribution in [0.3, 0.4) is 0 Å². The molecule has 3 aromatic rings. The lowest BCUT2D eigenvalue weighted by Crippen LogP contribution is -2.17. The van der Waals surface area contributed by atoms with Gasteiger partial charge in [-0.05, 0) is 49.2 Å². The SMILES string of the molecule is Cc1cc(-c2ccc(/C=N\NC(=O)c3cccc([N+](=O)[O-])c3)o2)c([N+](=O)[O-])cc1C. The first-order valence-corrected chi connectivity index (χ1v) is 8.70. The number of furan rings is 1. The molecular weight excluding hydrogens is 392 g/mol. The molecule has 0 aliphatic carbocycles. The van der Waals surface area contributed by atoms with Crippen LogP contribution in [-0.4, -0.2) is 22.0 Å². The summed E-state index contributed by atoms with van der Waals surface area (Å²) in [6, 6.07) is 11.5. The average molecular weight is 408 g/mol. The average Bonchev–Trinajstić information content (AvgIpc) is 3.18. The Labute approximate surface area is 170 Å². The van der Waals surface area contributed by atoms with Gasteiger partial charge in [0.05, 0.1) is 21.6 Å². The predicted molar refractivity (Wildman–Crippen MR) is 108 cm³/mol. The number of hydrazone groups is 1. The zero-order chi connectivity index (χ0) is 21.8. The molecule has 0 unspecified atom stereocenters. The zero-order valence-electron chi connectivity index (χ0n) is 16.0. The second kappa shape index (κ2) is 8.35. The fraction of sp³-hybridized carbons (Fsp3) is 0.100. The molecule has 0 saturated heterocycles. The molecule has 0 saturated carbocycles. The van der Waals surface area contributed by atoms with E-state index >= 15 is 0 Å². The van der Waals surface area contributed by atoms with Gasteiger partial charge >= 0.3 is 0 Å². The molecule has 10 nitrogen and oxygen atoms in total. The van der Waals surface area contributed by atoms with Crippen LogP contribution < -0.4 is 5.43 Å². The van der Waals surface area contributed by atoms with Crippen molar-refractivity contribution in [3.8, 4) is 11.3 Å². The van der Waals surface area contributed by atoms with Gasteiger partial charge < -0.3 is 4.42 Å². The quantitative estimate of drug-likeness (QED) is 0.369. The van der Waals surface area contributed by atoms with Gasteiger partial charge in [0.2, 0.25) is 0 Å². The van der Waals surface area contributed by atoms with Crippen molar-refractivity contribution in [3.05, 3.63) is 91.2 Å². The largest absolute Gasteiger partial charge is 0.455 e. The van der Waals surface area contributed by atoms with Gasteiger partial charge in [0.15, 0.2) is 0 Å². The molecule has 0 spiro atoms. The van der Waals surface area contributed by atoms with Crippen LogP contribution >= 0.6 is 0 Å². The van der Waals surface area contributed by atoms with Gasteiger partial charge in [-0.25, -0.2) is 5.43 Å². The fourth-order valence-electron chi connectivity index (χ4n) is 2.70. The van der Waals surface area contributed by atoms with E-state index in [-0.39, 0.29) is 28.5 Å². The molecule has 2 aromatic carbocycles. The first kappa shape index (κ1) is 20.4. The second-order valence-corrected chi connectivity index (χ2v) is 6.42. The summed E-state index contributed by atoms with van der Waals surface area (Å²) in [6.45, 7) is 3.63. The lowest BCUT2D eigenvalue weighted by atomic mass is 10.0. The van der Waals surface area contributed by atoms with Crippen LogP contribution in [0, 0.1) is 34.1 Å². The normalized spacial score (nSPS) is 10.9. The second-order valence-electron chi connectivity index (χ2n) is 6.42. The Morgan fingerprint density at radius 3 is 2.47 bits per heavy atom. The van der Waals surface area contributed by atoms with E-state index in [4.69, 9.17) is 4.42 Å².